The third-order valence-electron chi connectivity index (χ3n) is 4.70. The van der Waals surface area contributed by atoms with Crippen LogP contribution in [0.2, 0.25) is 0 Å². The van der Waals surface area contributed by atoms with Crippen LogP contribution in [0.15, 0.2) is 0 Å². The van der Waals surface area contributed by atoms with Crippen molar-refractivity contribution in [3.63, 3.8) is 0 Å². The van der Waals surface area contributed by atoms with Crippen LogP contribution >= 0.6 is 0 Å². The molecule has 0 bridgehead atoms. The van der Waals surface area contributed by atoms with E-state index in [2.05, 4.69) is 38.0 Å². The molecule has 1 rings (SSSR count). The van der Waals surface area contributed by atoms with E-state index in [4.69, 9.17) is 0 Å². The number of likely N-dealkylation sites (N-methyl/N-ethyl adjacent to an activating group) is 1. The molecule has 0 aromatic rings. The lowest BCUT2D eigenvalue weighted by Gasteiger charge is -2.34. The molecule has 2 nitrogen and oxygen atoms in total. The second-order valence-electron chi connectivity index (χ2n) is 6.21. The van der Waals surface area contributed by atoms with Crippen LogP contribution in [-0.2, 0) is 0 Å². The van der Waals surface area contributed by atoms with Crippen molar-refractivity contribution >= 4 is 0 Å². The molecule has 108 valence electrons. The molecule has 1 atom stereocenters. The number of hydrogen-bond acceptors (Lipinski definition) is 2. The summed E-state index contributed by atoms with van der Waals surface area (Å²) in [7, 11) is 2.31. The van der Waals surface area contributed by atoms with E-state index in [1.165, 1.54) is 51.5 Å². The van der Waals surface area contributed by atoms with E-state index in [1.807, 2.05) is 0 Å². The summed E-state index contributed by atoms with van der Waals surface area (Å²) in [4.78, 5) is 2.58. The van der Waals surface area contributed by atoms with Crippen molar-refractivity contribution in [2.24, 2.45) is 5.92 Å². The van der Waals surface area contributed by atoms with Crippen molar-refractivity contribution < 1.29 is 0 Å². The highest BCUT2D eigenvalue weighted by molar-refractivity contribution is 4.78. The first-order valence-corrected chi connectivity index (χ1v) is 8.10. The van der Waals surface area contributed by atoms with Gasteiger partial charge in [-0.3, -0.25) is 0 Å². The maximum Gasteiger partial charge on any atom is 0.0107 e. The molecule has 1 fully saturated rings. The highest BCUT2D eigenvalue weighted by Crippen LogP contribution is 2.28. The molecule has 0 radical (unpaired) electrons. The molecular formula is C16H34N2. The van der Waals surface area contributed by atoms with E-state index in [0.29, 0.717) is 6.04 Å². The predicted octanol–water partition coefficient (Wildman–Crippen LogP) is 3.67. The molecule has 0 aliphatic heterocycles. The number of nitrogens with zero attached hydrogens (tertiary/aromatic N) is 1. The highest BCUT2D eigenvalue weighted by Gasteiger charge is 2.22. The van der Waals surface area contributed by atoms with Gasteiger partial charge in [0, 0.05) is 25.2 Å². The Bertz CT molecular complexity index is 197. The fraction of sp³-hybridized carbons (Fsp3) is 1.00. The first-order chi connectivity index (χ1) is 8.67. The van der Waals surface area contributed by atoms with E-state index in [-0.39, 0.29) is 0 Å². The van der Waals surface area contributed by atoms with Crippen LogP contribution in [0, 0.1) is 5.92 Å². The topological polar surface area (TPSA) is 15.3 Å². The van der Waals surface area contributed by atoms with Crippen molar-refractivity contribution in [2.75, 3.05) is 20.1 Å². The predicted molar refractivity (Wildman–Crippen MR) is 81.0 cm³/mol. The van der Waals surface area contributed by atoms with E-state index < -0.39 is 0 Å². The van der Waals surface area contributed by atoms with Gasteiger partial charge < -0.3 is 10.2 Å². The van der Waals surface area contributed by atoms with Crippen molar-refractivity contribution in [2.45, 2.75) is 77.8 Å². The zero-order chi connectivity index (χ0) is 13.4. The highest BCUT2D eigenvalue weighted by atomic mass is 15.1. The van der Waals surface area contributed by atoms with E-state index in [1.54, 1.807) is 0 Å². The molecule has 1 unspecified atom stereocenters. The van der Waals surface area contributed by atoms with Crippen molar-refractivity contribution in [1.29, 1.82) is 0 Å². The average molecular weight is 254 g/mol. The van der Waals surface area contributed by atoms with Crippen LogP contribution < -0.4 is 5.32 Å². The molecule has 0 amide bonds. The Balaban J connectivity index is 2.11. The SMILES string of the molecule is CCCC(C)NCCN(C)C1CCC(CC)CC1. The molecule has 1 N–H and O–H groups in total. The molecule has 0 saturated heterocycles. The van der Waals surface area contributed by atoms with Gasteiger partial charge in [0.2, 0.25) is 0 Å². The first kappa shape index (κ1) is 16.0. The van der Waals surface area contributed by atoms with Crippen LogP contribution in [-0.4, -0.2) is 37.1 Å². The zero-order valence-electron chi connectivity index (χ0n) is 13.0. The Labute approximate surface area is 115 Å². The minimum absolute atomic E-state index is 0.680. The Morgan fingerprint density at radius 3 is 2.39 bits per heavy atom. The maximum absolute atomic E-state index is 3.63. The van der Waals surface area contributed by atoms with Gasteiger partial charge in [0.25, 0.3) is 0 Å². The lowest BCUT2D eigenvalue weighted by molar-refractivity contribution is 0.163. The summed E-state index contributed by atoms with van der Waals surface area (Å²) in [5.74, 6) is 1.01. The molecule has 0 aromatic heterocycles. The fourth-order valence-corrected chi connectivity index (χ4v) is 3.20. The van der Waals surface area contributed by atoms with Gasteiger partial charge in [0.15, 0.2) is 0 Å². The molecule has 2 heteroatoms. The molecule has 0 spiro atoms. The average Bonchev–Trinajstić information content (AvgIpc) is 2.39. The Morgan fingerprint density at radius 1 is 1.17 bits per heavy atom. The summed E-state index contributed by atoms with van der Waals surface area (Å²) in [5, 5.41) is 3.63. The molecule has 1 saturated carbocycles. The van der Waals surface area contributed by atoms with Gasteiger partial charge in [0.05, 0.1) is 0 Å². The van der Waals surface area contributed by atoms with E-state index >= 15 is 0 Å². The van der Waals surface area contributed by atoms with Gasteiger partial charge in [-0.15, -0.1) is 0 Å². The minimum Gasteiger partial charge on any atom is -0.313 e. The maximum atomic E-state index is 3.63. The third kappa shape index (κ3) is 5.71. The summed E-state index contributed by atoms with van der Waals surface area (Å²) >= 11 is 0. The van der Waals surface area contributed by atoms with Crippen LogP contribution in [0.5, 0.6) is 0 Å². The van der Waals surface area contributed by atoms with Gasteiger partial charge in [-0.05, 0) is 52.0 Å². The van der Waals surface area contributed by atoms with Gasteiger partial charge >= 0.3 is 0 Å². The van der Waals surface area contributed by atoms with Crippen molar-refractivity contribution in [3.8, 4) is 0 Å². The van der Waals surface area contributed by atoms with Crippen LogP contribution in [0.1, 0.15) is 65.7 Å². The fourth-order valence-electron chi connectivity index (χ4n) is 3.20. The van der Waals surface area contributed by atoms with Crippen molar-refractivity contribution in [3.05, 3.63) is 0 Å². The number of nitrogens with one attached hydrogen (secondary N) is 1. The summed E-state index contributed by atoms with van der Waals surface area (Å²) in [6.45, 7) is 9.25. The minimum atomic E-state index is 0.680. The summed E-state index contributed by atoms with van der Waals surface area (Å²) in [6, 6.07) is 1.52. The largest absolute Gasteiger partial charge is 0.313 e. The van der Waals surface area contributed by atoms with Crippen molar-refractivity contribution in [1.82, 2.24) is 10.2 Å². The Kier molecular flexibility index (Phi) is 7.92. The molecule has 1 aliphatic carbocycles. The number of hydrogen-bond donors (Lipinski definition) is 1. The monoisotopic (exact) mass is 254 g/mol. The van der Waals surface area contributed by atoms with Crippen LogP contribution in [0.3, 0.4) is 0 Å². The second kappa shape index (κ2) is 8.92. The van der Waals surface area contributed by atoms with Gasteiger partial charge in [-0.1, -0.05) is 26.7 Å². The van der Waals surface area contributed by atoms with Crippen LogP contribution in [0.4, 0.5) is 0 Å². The number of rotatable bonds is 8. The van der Waals surface area contributed by atoms with Gasteiger partial charge in [0.1, 0.15) is 0 Å². The Morgan fingerprint density at radius 2 is 1.83 bits per heavy atom. The molecule has 18 heavy (non-hydrogen) atoms. The summed E-state index contributed by atoms with van der Waals surface area (Å²) in [5.41, 5.74) is 0. The molecule has 0 heterocycles. The quantitative estimate of drug-likeness (QED) is 0.711. The van der Waals surface area contributed by atoms with Gasteiger partial charge in [-0.2, -0.15) is 0 Å². The lowest BCUT2D eigenvalue weighted by Crippen LogP contribution is -2.40. The van der Waals surface area contributed by atoms with Crippen LogP contribution in [0.25, 0.3) is 0 Å². The third-order valence-corrected chi connectivity index (χ3v) is 4.70. The lowest BCUT2D eigenvalue weighted by atomic mass is 9.84. The van der Waals surface area contributed by atoms with E-state index in [9.17, 15) is 0 Å². The summed E-state index contributed by atoms with van der Waals surface area (Å²) < 4.78 is 0. The first-order valence-electron chi connectivity index (χ1n) is 8.10. The molecule has 0 aromatic carbocycles. The molecule has 1 aliphatic rings. The summed E-state index contributed by atoms with van der Waals surface area (Å²) in [6.07, 6.45) is 9.69. The zero-order valence-corrected chi connectivity index (χ0v) is 13.0. The smallest absolute Gasteiger partial charge is 0.0107 e. The van der Waals surface area contributed by atoms with E-state index in [0.717, 1.165) is 18.5 Å². The normalized spacial score (nSPS) is 26.5. The standard InChI is InChI=1S/C16H34N2/c1-5-7-14(3)17-12-13-18(4)16-10-8-15(6-2)9-11-16/h14-17H,5-13H2,1-4H3. The molecular weight excluding hydrogens is 220 g/mol. The van der Waals surface area contributed by atoms with Gasteiger partial charge in [-0.25, -0.2) is 0 Å². The Hall–Kier alpha value is -0.0800. The second-order valence-corrected chi connectivity index (χ2v) is 6.21.